The first-order valence-electron chi connectivity index (χ1n) is 12.5. The number of amides is 1. The van der Waals surface area contributed by atoms with Crippen LogP contribution in [0.25, 0.3) is 11.3 Å². The van der Waals surface area contributed by atoms with Crippen LogP contribution in [-0.4, -0.2) is 81.4 Å². The van der Waals surface area contributed by atoms with Crippen LogP contribution in [-0.2, 0) is 11.2 Å². The number of piperidine rings is 1. The van der Waals surface area contributed by atoms with Gasteiger partial charge in [0.2, 0.25) is 11.9 Å². The molecule has 0 unspecified atom stereocenters. The average Bonchev–Trinajstić information content (AvgIpc) is 3.53. The van der Waals surface area contributed by atoms with Crippen LogP contribution in [0.2, 0.25) is 0 Å². The highest BCUT2D eigenvalue weighted by atomic mass is 16.5. The summed E-state index contributed by atoms with van der Waals surface area (Å²) in [6.45, 7) is 7.26. The van der Waals surface area contributed by atoms with E-state index in [-0.39, 0.29) is 11.8 Å². The molecule has 2 saturated heterocycles. The molecule has 34 heavy (non-hydrogen) atoms. The zero-order chi connectivity index (χ0) is 23.5. The molecule has 1 aromatic heterocycles. The lowest BCUT2D eigenvalue weighted by molar-refractivity contribution is -0.130. The molecular weight excluding hydrogens is 432 g/mol. The highest BCUT2D eigenvalue weighted by Gasteiger charge is 2.24. The predicted molar refractivity (Wildman–Crippen MR) is 129 cm³/mol. The number of nitrogens with zero attached hydrogens (tertiary/aromatic N) is 5. The molecule has 1 atom stereocenters. The number of fused-ring (bicyclic) bond motifs is 1. The number of carbonyl (C=O) groups excluding carboxylic acids is 1. The van der Waals surface area contributed by atoms with Crippen LogP contribution in [0.4, 0.5) is 5.95 Å². The van der Waals surface area contributed by atoms with Crippen molar-refractivity contribution in [2.45, 2.75) is 57.9 Å². The molecule has 1 amide bonds. The Hall–Kier alpha value is -2.94. The predicted octanol–water partition coefficient (Wildman–Crippen LogP) is 2.77. The first kappa shape index (κ1) is 22.8. The van der Waals surface area contributed by atoms with E-state index in [0.29, 0.717) is 42.6 Å². The van der Waals surface area contributed by atoms with Crippen molar-refractivity contribution in [2.75, 3.05) is 44.6 Å². The Balaban J connectivity index is 1.16. The summed E-state index contributed by atoms with van der Waals surface area (Å²) in [5.41, 5.74) is 2.77. The van der Waals surface area contributed by atoms with Gasteiger partial charge in [0.1, 0.15) is 17.2 Å². The maximum atomic E-state index is 12.3. The van der Waals surface area contributed by atoms with Crippen molar-refractivity contribution >= 4 is 11.9 Å². The van der Waals surface area contributed by atoms with Gasteiger partial charge in [0, 0.05) is 49.6 Å². The van der Waals surface area contributed by atoms with E-state index >= 15 is 0 Å². The van der Waals surface area contributed by atoms with E-state index in [1.54, 1.807) is 0 Å². The van der Waals surface area contributed by atoms with Crippen molar-refractivity contribution < 1.29 is 14.6 Å². The van der Waals surface area contributed by atoms with Crippen molar-refractivity contribution in [3.63, 3.8) is 0 Å². The van der Waals surface area contributed by atoms with E-state index in [9.17, 15) is 9.90 Å². The molecule has 2 fully saturated rings. The van der Waals surface area contributed by atoms with Gasteiger partial charge in [0.05, 0.1) is 12.3 Å². The molecule has 3 aliphatic rings. The maximum absolute atomic E-state index is 12.3. The highest BCUT2D eigenvalue weighted by molar-refractivity contribution is 5.76. The van der Waals surface area contributed by atoms with Crippen LogP contribution in [0.1, 0.15) is 49.8 Å². The summed E-state index contributed by atoms with van der Waals surface area (Å²) in [5, 5.41) is 22.9. The molecule has 3 aliphatic heterocycles. The summed E-state index contributed by atoms with van der Waals surface area (Å²) in [4.78, 5) is 21.4. The van der Waals surface area contributed by atoms with Gasteiger partial charge in [-0.1, -0.05) is 0 Å². The van der Waals surface area contributed by atoms with Gasteiger partial charge < -0.3 is 25.0 Å². The first-order valence-corrected chi connectivity index (χ1v) is 12.5. The number of carbonyl (C=O) groups is 1. The molecule has 0 radical (unpaired) electrons. The first-order chi connectivity index (χ1) is 16.6. The fraction of sp³-hybridized carbons (Fsp3) is 0.600. The van der Waals surface area contributed by atoms with E-state index in [2.05, 4.69) is 25.4 Å². The summed E-state index contributed by atoms with van der Waals surface area (Å²) in [6, 6.07) is 3.94. The number of hydrogen-bond acceptors (Lipinski definition) is 8. The lowest BCUT2D eigenvalue weighted by atomic mass is 10.0. The number of nitrogens with one attached hydrogen (secondary N) is 1. The number of anilines is 1. The zero-order valence-electron chi connectivity index (χ0n) is 19.9. The number of rotatable bonds is 7. The number of hydrogen-bond donors (Lipinski definition) is 2. The standard InChI is InChI=1S/C25H34N6O3/c1-17-23(20-8-9-21-19(24(20)33)10-15-34-21)28-29-25(26-17)27-18-6-4-11-30(16-18)12-5-7-22(32)31-13-2-3-14-31/h8-9,18,33H,2-7,10-16H2,1H3,(H,26,27,29)/t18-/m0/s1. The third-order valence-electron chi connectivity index (χ3n) is 7.13. The lowest BCUT2D eigenvalue weighted by Gasteiger charge is -2.33. The minimum absolute atomic E-state index is 0.209. The van der Waals surface area contributed by atoms with Crippen LogP contribution in [0.15, 0.2) is 12.1 Å². The van der Waals surface area contributed by atoms with Gasteiger partial charge in [0.15, 0.2) is 0 Å². The maximum Gasteiger partial charge on any atom is 0.243 e. The van der Waals surface area contributed by atoms with Gasteiger partial charge in [-0.25, -0.2) is 4.98 Å². The molecule has 9 nitrogen and oxygen atoms in total. The summed E-state index contributed by atoms with van der Waals surface area (Å²) in [5.74, 6) is 1.77. The van der Waals surface area contributed by atoms with Gasteiger partial charge in [-0.3, -0.25) is 4.79 Å². The van der Waals surface area contributed by atoms with Gasteiger partial charge in [0.25, 0.3) is 0 Å². The third kappa shape index (κ3) is 4.94. The highest BCUT2D eigenvalue weighted by Crippen LogP contribution is 2.40. The molecule has 0 bridgehead atoms. The molecule has 0 spiro atoms. The fourth-order valence-electron chi connectivity index (χ4n) is 5.30. The van der Waals surface area contributed by atoms with Crippen LogP contribution in [0.5, 0.6) is 11.5 Å². The number of phenols is 1. The van der Waals surface area contributed by atoms with E-state index in [4.69, 9.17) is 4.74 Å². The molecule has 4 heterocycles. The largest absolute Gasteiger partial charge is 0.507 e. The Morgan fingerprint density at radius 2 is 2.06 bits per heavy atom. The van der Waals surface area contributed by atoms with Crippen molar-refractivity contribution in [1.29, 1.82) is 0 Å². The lowest BCUT2D eigenvalue weighted by Crippen LogP contribution is -2.43. The second-order valence-electron chi connectivity index (χ2n) is 9.58. The van der Waals surface area contributed by atoms with E-state index < -0.39 is 0 Å². The smallest absolute Gasteiger partial charge is 0.243 e. The second kappa shape index (κ2) is 10.1. The van der Waals surface area contributed by atoms with Gasteiger partial charge in [-0.2, -0.15) is 0 Å². The molecule has 5 rings (SSSR count). The van der Waals surface area contributed by atoms with E-state index in [1.807, 2.05) is 24.0 Å². The summed E-state index contributed by atoms with van der Waals surface area (Å²) in [7, 11) is 0. The molecule has 9 heteroatoms. The monoisotopic (exact) mass is 466 g/mol. The quantitative estimate of drug-likeness (QED) is 0.642. The number of phenolic OH excluding ortho intramolecular Hbond substituents is 1. The van der Waals surface area contributed by atoms with Crippen molar-refractivity contribution in [2.24, 2.45) is 0 Å². The second-order valence-corrected chi connectivity index (χ2v) is 9.58. The van der Waals surface area contributed by atoms with Crippen LogP contribution in [0.3, 0.4) is 0 Å². The topological polar surface area (TPSA) is 104 Å². The zero-order valence-corrected chi connectivity index (χ0v) is 19.9. The SMILES string of the molecule is Cc1nc(N[C@H]2CCCN(CCCC(=O)N3CCCC3)C2)nnc1-c1ccc2c(c1O)CCO2. The van der Waals surface area contributed by atoms with E-state index in [1.165, 1.54) is 0 Å². The van der Waals surface area contributed by atoms with Gasteiger partial charge in [-0.05, 0) is 64.3 Å². The minimum Gasteiger partial charge on any atom is -0.507 e. The number of aromatic hydroxyl groups is 1. The molecule has 1 aromatic carbocycles. The van der Waals surface area contributed by atoms with Crippen molar-refractivity contribution in [3.05, 3.63) is 23.4 Å². The number of aromatic nitrogens is 3. The van der Waals surface area contributed by atoms with Crippen LogP contribution in [0, 0.1) is 6.92 Å². The average molecular weight is 467 g/mol. The van der Waals surface area contributed by atoms with Crippen LogP contribution < -0.4 is 10.1 Å². The number of benzene rings is 1. The Morgan fingerprint density at radius 1 is 1.21 bits per heavy atom. The number of likely N-dealkylation sites (tertiary alicyclic amines) is 2. The molecular formula is C25H34N6O3. The van der Waals surface area contributed by atoms with Crippen molar-refractivity contribution in [3.8, 4) is 22.8 Å². The van der Waals surface area contributed by atoms with Gasteiger partial charge >= 0.3 is 0 Å². The summed E-state index contributed by atoms with van der Waals surface area (Å²) in [6.07, 6.45) is 6.69. The number of aryl methyl sites for hydroxylation is 1. The molecule has 2 aromatic rings. The Morgan fingerprint density at radius 3 is 2.88 bits per heavy atom. The summed E-state index contributed by atoms with van der Waals surface area (Å²) >= 11 is 0. The molecule has 0 aliphatic carbocycles. The van der Waals surface area contributed by atoms with Crippen LogP contribution >= 0.6 is 0 Å². The number of ether oxygens (including phenoxy) is 1. The fourth-order valence-corrected chi connectivity index (χ4v) is 5.30. The summed E-state index contributed by atoms with van der Waals surface area (Å²) < 4.78 is 5.53. The molecule has 0 saturated carbocycles. The Labute approximate surface area is 200 Å². The normalized spacial score (nSPS) is 20.3. The third-order valence-corrected chi connectivity index (χ3v) is 7.13. The Kier molecular flexibility index (Phi) is 6.80. The van der Waals surface area contributed by atoms with E-state index in [0.717, 1.165) is 81.8 Å². The minimum atomic E-state index is 0.209. The van der Waals surface area contributed by atoms with Gasteiger partial charge in [-0.15, -0.1) is 10.2 Å². The molecule has 182 valence electrons. The molecule has 2 N–H and O–H groups in total. The Bertz CT molecular complexity index is 1040. The van der Waals surface area contributed by atoms with Crippen molar-refractivity contribution in [1.82, 2.24) is 25.0 Å².